The first-order valence-corrected chi connectivity index (χ1v) is 6.62. The number of thiazole rings is 1. The number of nitrogens with one attached hydrogen (secondary N) is 1. The second-order valence-electron chi connectivity index (χ2n) is 3.99. The summed E-state index contributed by atoms with van der Waals surface area (Å²) in [7, 11) is 1.96. The molecule has 0 radical (unpaired) electrons. The van der Waals surface area contributed by atoms with E-state index in [2.05, 4.69) is 35.2 Å². The molecular formula is C13H17N3S. The van der Waals surface area contributed by atoms with Gasteiger partial charge in [-0.2, -0.15) is 0 Å². The molecule has 0 atom stereocenters. The molecule has 0 aliphatic rings. The molecule has 2 rings (SSSR count). The summed E-state index contributed by atoms with van der Waals surface area (Å²) in [6.45, 7) is 5.10. The van der Waals surface area contributed by atoms with Gasteiger partial charge in [-0.15, -0.1) is 11.3 Å². The molecule has 0 spiro atoms. The first-order chi connectivity index (χ1) is 8.24. The molecule has 0 saturated heterocycles. The van der Waals surface area contributed by atoms with Gasteiger partial charge in [0, 0.05) is 17.6 Å². The van der Waals surface area contributed by atoms with E-state index >= 15 is 0 Å². The normalized spacial score (nSPS) is 10.8. The zero-order chi connectivity index (χ0) is 12.3. The average Bonchev–Trinajstić information content (AvgIpc) is 2.73. The minimum absolute atomic E-state index is 0.882. The monoisotopic (exact) mass is 247 g/mol. The van der Waals surface area contributed by atoms with Crippen molar-refractivity contribution in [2.45, 2.75) is 26.8 Å². The number of hydrogen-bond donors (Lipinski definition) is 1. The highest BCUT2D eigenvalue weighted by molar-refractivity contribution is 7.15. The van der Waals surface area contributed by atoms with E-state index in [9.17, 15) is 0 Å². The molecule has 3 nitrogen and oxygen atoms in total. The molecule has 4 heteroatoms. The Morgan fingerprint density at radius 1 is 1.41 bits per heavy atom. The third-order valence-corrected chi connectivity index (χ3v) is 3.71. The van der Waals surface area contributed by atoms with Gasteiger partial charge in [-0.3, -0.25) is 4.98 Å². The molecule has 0 aliphatic heterocycles. The van der Waals surface area contributed by atoms with Crippen LogP contribution >= 0.6 is 11.3 Å². The van der Waals surface area contributed by atoms with Crippen molar-refractivity contribution in [3.8, 4) is 10.7 Å². The predicted molar refractivity (Wildman–Crippen MR) is 72.2 cm³/mol. The fourth-order valence-electron chi connectivity index (χ4n) is 1.72. The topological polar surface area (TPSA) is 37.8 Å². The second kappa shape index (κ2) is 5.38. The predicted octanol–water partition coefficient (Wildman–Crippen LogP) is 2.80. The van der Waals surface area contributed by atoms with E-state index in [0.717, 1.165) is 23.7 Å². The third-order valence-electron chi connectivity index (χ3n) is 2.59. The molecule has 2 aromatic heterocycles. The summed E-state index contributed by atoms with van der Waals surface area (Å²) in [5.41, 5.74) is 3.38. The highest BCUT2D eigenvalue weighted by atomic mass is 32.1. The van der Waals surface area contributed by atoms with Crippen LogP contribution in [0.15, 0.2) is 18.3 Å². The van der Waals surface area contributed by atoms with Gasteiger partial charge >= 0.3 is 0 Å². The van der Waals surface area contributed by atoms with Crippen LogP contribution in [-0.2, 0) is 13.0 Å². The van der Waals surface area contributed by atoms with Crippen molar-refractivity contribution >= 4 is 11.3 Å². The fraction of sp³-hybridized carbons (Fsp3) is 0.385. The van der Waals surface area contributed by atoms with Crippen LogP contribution < -0.4 is 5.32 Å². The molecule has 0 unspecified atom stereocenters. The highest BCUT2D eigenvalue weighted by Gasteiger charge is 2.11. The minimum Gasteiger partial charge on any atom is -0.315 e. The summed E-state index contributed by atoms with van der Waals surface area (Å²) in [5, 5.41) is 4.21. The quantitative estimate of drug-likeness (QED) is 0.902. The van der Waals surface area contributed by atoms with E-state index in [-0.39, 0.29) is 0 Å². The van der Waals surface area contributed by atoms with Crippen LogP contribution in [0.25, 0.3) is 10.7 Å². The number of pyridine rings is 1. The maximum Gasteiger partial charge on any atom is 0.142 e. The van der Waals surface area contributed by atoms with Crippen LogP contribution in [0, 0.1) is 6.92 Å². The standard InChI is InChI=1S/C13H17N3S/c1-4-10-12(8-14-3)17-13(16-10)11-7-9(2)5-6-15-11/h5-7,14H,4,8H2,1-3H3. The Morgan fingerprint density at radius 2 is 2.24 bits per heavy atom. The van der Waals surface area contributed by atoms with E-state index in [1.165, 1.54) is 16.1 Å². The second-order valence-corrected chi connectivity index (χ2v) is 5.07. The molecule has 0 bridgehead atoms. The zero-order valence-corrected chi connectivity index (χ0v) is 11.3. The highest BCUT2D eigenvalue weighted by Crippen LogP contribution is 2.27. The van der Waals surface area contributed by atoms with Crippen LogP contribution in [0.3, 0.4) is 0 Å². The third kappa shape index (κ3) is 2.70. The molecule has 2 heterocycles. The van der Waals surface area contributed by atoms with Crippen LogP contribution in [-0.4, -0.2) is 17.0 Å². The van der Waals surface area contributed by atoms with Crippen molar-refractivity contribution in [1.82, 2.24) is 15.3 Å². The number of hydrogen-bond acceptors (Lipinski definition) is 4. The van der Waals surface area contributed by atoms with Gasteiger partial charge in [0.1, 0.15) is 5.01 Å². The summed E-state index contributed by atoms with van der Waals surface area (Å²) in [4.78, 5) is 10.4. The van der Waals surface area contributed by atoms with Gasteiger partial charge in [0.15, 0.2) is 0 Å². The molecule has 90 valence electrons. The largest absolute Gasteiger partial charge is 0.315 e. The minimum atomic E-state index is 0.882. The Morgan fingerprint density at radius 3 is 2.88 bits per heavy atom. The molecule has 0 saturated carbocycles. The van der Waals surface area contributed by atoms with Crippen molar-refractivity contribution in [1.29, 1.82) is 0 Å². The molecule has 17 heavy (non-hydrogen) atoms. The van der Waals surface area contributed by atoms with Crippen LogP contribution in [0.1, 0.15) is 23.1 Å². The number of nitrogens with zero attached hydrogens (tertiary/aromatic N) is 2. The first kappa shape index (κ1) is 12.2. The van der Waals surface area contributed by atoms with Crippen molar-refractivity contribution in [3.63, 3.8) is 0 Å². The van der Waals surface area contributed by atoms with E-state index in [4.69, 9.17) is 0 Å². The Labute approximate surface area is 106 Å². The molecule has 0 aromatic carbocycles. The molecule has 0 amide bonds. The van der Waals surface area contributed by atoms with Gasteiger partial charge in [0.2, 0.25) is 0 Å². The molecule has 0 fully saturated rings. The lowest BCUT2D eigenvalue weighted by molar-refractivity contribution is 0.814. The lowest BCUT2D eigenvalue weighted by atomic mass is 10.2. The van der Waals surface area contributed by atoms with Crippen LogP contribution in [0.4, 0.5) is 0 Å². The molecule has 2 aromatic rings. The van der Waals surface area contributed by atoms with Gasteiger partial charge in [-0.25, -0.2) is 4.98 Å². The molecular weight excluding hydrogens is 230 g/mol. The van der Waals surface area contributed by atoms with Crippen molar-refractivity contribution in [2.24, 2.45) is 0 Å². The van der Waals surface area contributed by atoms with E-state index in [0.29, 0.717) is 0 Å². The zero-order valence-electron chi connectivity index (χ0n) is 10.4. The van der Waals surface area contributed by atoms with Crippen molar-refractivity contribution in [3.05, 3.63) is 34.5 Å². The van der Waals surface area contributed by atoms with Crippen LogP contribution in [0.2, 0.25) is 0 Å². The molecule has 1 N–H and O–H groups in total. The van der Waals surface area contributed by atoms with Gasteiger partial charge in [0.05, 0.1) is 11.4 Å². The van der Waals surface area contributed by atoms with Gasteiger partial charge in [-0.05, 0) is 38.1 Å². The summed E-state index contributed by atoms with van der Waals surface area (Å²) in [6.07, 6.45) is 2.81. The molecule has 0 aliphatic carbocycles. The van der Waals surface area contributed by atoms with Gasteiger partial charge in [0.25, 0.3) is 0 Å². The van der Waals surface area contributed by atoms with Gasteiger partial charge < -0.3 is 5.32 Å². The average molecular weight is 247 g/mol. The van der Waals surface area contributed by atoms with Crippen LogP contribution in [0.5, 0.6) is 0 Å². The maximum absolute atomic E-state index is 4.67. The van der Waals surface area contributed by atoms with Gasteiger partial charge in [-0.1, -0.05) is 6.92 Å². The summed E-state index contributed by atoms with van der Waals surface area (Å²) < 4.78 is 0. The Kier molecular flexibility index (Phi) is 3.86. The summed E-state index contributed by atoms with van der Waals surface area (Å²) >= 11 is 1.73. The Hall–Kier alpha value is -1.26. The number of aromatic nitrogens is 2. The Balaban J connectivity index is 2.39. The maximum atomic E-state index is 4.67. The SMILES string of the molecule is CCc1nc(-c2cc(C)ccn2)sc1CNC. The fourth-order valence-corrected chi connectivity index (χ4v) is 2.85. The van der Waals surface area contributed by atoms with Crippen molar-refractivity contribution < 1.29 is 0 Å². The van der Waals surface area contributed by atoms with E-state index in [1.807, 2.05) is 19.3 Å². The van der Waals surface area contributed by atoms with Crippen molar-refractivity contribution in [2.75, 3.05) is 7.05 Å². The summed E-state index contributed by atoms with van der Waals surface area (Å²) in [6, 6.07) is 4.09. The number of aryl methyl sites for hydroxylation is 2. The Bertz CT molecular complexity index is 505. The lowest BCUT2D eigenvalue weighted by Gasteiger charge is -1.96. The lowest BCUT2D eigenvalue weighted by Crippen LogP contribution is -2.05. The van der Waals surface area contributed by atoms with E-state index in [1.54, 1.807) is 11.3 Å². The smallest absolute Gasteiger partial charge is 0.142 e. The first-order valence-electron chi connectivity index (χ1n) is 5.80. The summed E-state index contributed by atoms with van der Waals surface area (Å²) in [5.74, 6) is 0. The number of rotatable bonds is 4. The van der Waals surface area contributed by atoms with E-state index < -0.39 is 0 Å².